The molecule has 1 heterocycles. The fourth-order valence-corrected chi connectivity index (χ4v) is 5.37. The van der Waals surface area contributed by atoms with Crippen molar-refractivity contribution >= 4 is 21.7 Å². The van der Waals surface area contributed by atoms with E-state index in [-0.39, 0.29) is 36.2 Å². The SMILES string of the molecule is O=C(O)CC1(NC(=O)CC2CCS(=O)(=O)C2)CCCCC1. The number of nitrogens with one attached hydrogen (secondary N) is 1. The number of carbonyl (C=O) groups is 2. The highest BCUT2D eigenvalue weighted by Crippen LogP contribution is 2.32. The molecule has 21 heavy (non-hydrogen) atoms. The van der Waals surface area contributed by atoms with E-state index in [0.717, 1.165) is 19.3 Å². The second kappa shape index (κ2) is 6.34. The van der Waals surface area contributed by atoms with E-state index in [1.54, 1.807) is 0 Å². The standard InChI is InChI=1S/C14H23NO5S/c16-12(8-11-4-7-21(19,20)10-11)15-14(9-13(17)18)5-2-1-3-6-14/h11H,1-10H2,(H,15,16)(H,17,18). The van der Waals surface area contributed by atoms with E-state index in [0.29, 0.717) is 19.3 Å². The Kier molecular flexibility index (Phi) is 4.91. The highest BCUT2D eigenvalue weighted by Gasteiger charge is 2.37. The van der Waals surface area contributed by atoms with Crippen LogP contribution in [0.25, 0.3) is 0 Å². The number of amides is 1. The van der Waals surface area contributed by atoms with Gasteiger partial charge in [0.15, 0.2) is 9.84 Å². The number of carbonyl (C=O) groups excluding carboxylic acids is 1. The van der Waals surface area contributed by atoms with E-state index in [4.69, 9.17) is 5.11 Å². The molecule has 1 aliphatic heterocycles. The predicted molar refractivity (Wildman–Crippen MR) is 77.6 cm³/mol. The Morgan fingerprint density at radius 3 is 2.38 bits per heavy atom. The molecular formula is C14H23NO5S. The van der Waals surface area contributed by atoms with Gasteiger partial charge in [-0.3, -0.25) is 9.59 Å². The molecule has 0 aromatic heterocycles. The number of carboxylic acids is 1. The first-order valence-corrected chi connectivity index (χ1v) is 9.36. The molecule has 1 saturated carbocycles. The minimum atomic E-state index is -2.98. The minimum absolute atomic E-state index is 0.0539. The van der Waals surface area contributed by atoms with Crippen molar-refractivity contribution in [2.45, 2.75) is 56.9 Å². The second-order valence-corrected chi connectivity index (χ2v) is 8.66. The lowest BCUT2D eigenvalue weighted by atomic mass is 9.79. The van der Waals surface area contributed by atoms with Crippen LogP contribution in [0, 0.1) is 5.92 Å². The zero-order chi connectivity index (χ0) is 15.5. The molecule has 2 aliphatic rings. The van der Waals surface area contributed by atoms with Crippen LogP contribution in [-0.2, 0) is 19.4 Å². The van der Waals surface area contributed by atoms with Crippen LogP contribution < -0.4 is 5.32 Å². The Morgan fingerprint density at radius 1 is 1.19 bits per heavy atom. The first-order valence-electron chi connectivity index (χ1n) is 7.54. The zero-order valence-corrected chi connectivity index (χ0v) is 13.0. The lowest BCUT2D eigenvalue weighted by Gasteiger charge is -2.37. The topological polar surface area (TPSA) is 101 Å². The van der Waals surface area contributed by atoms with E-state index < -0.39 is 21.3 Å². The van der Waals surface area contributed by atoms with Gasteiger partial charge < -0.3 is 10.4 Å². The number of rotatable bonds is 5. The quantitative estimate of drug-likeness (QED) is 0.791. The maximum absolute atomic E-state index is 12.2. The molecule has 0 bridgehead atoms. The molecule has 2 N–H and O–H groups in total. The summed E-state index contributed by atoms with van der Waals surface area (Å²) in [6.07, 6.45) is 4.95. The lowest BCUT2D eigenvalue weighted by molar-refractivity contribution is -0.139. The molecule has 0 aromatic carbocycles. The molecule has 7 heteroatoms. The summed E-state index contributed by atoms with van der Waals surface area (Å²) in [6.45, 7) is 0. The molecule has 6 nitrogen and oxygen atoms in total. The highest BCUT2D eigenvalue weighted by atomic mass is 32.2. The number of aliphatic carboxylic acids is 1. The van der Waals surface area contributed by atoms with Gasteiger partial charge in [-0.25, -0.2) is 8.42 Å². The third-order valence-corrected chi connectivity index (χ3v) is 6.34. The molecule has 2 rings (SSSR count). The highest BCUT2D eigenvalue weighted by molar-refractivity contribution is 7.91. The van der Waals surface area contributed by atoms with E-state index in [2.05, 4.69) is 5.32 Å². The lowest BCUT2D eigenvalue weighted by Crippen LogP contribution is -2.51. The molecule has 1 saturated heterocycles. The normalized spacial score (nSPS) is 27.1. The van der Waals surface area contributed by atoms with Crippen LogP contribution in [0.3, 0.4) is 0 Å². The smallest absolute Gasteiger partial charge is 0.305 e. The van der Waals surface area contributed by atoms with E-state index in [1.165, 1.54) is 0 Å². The monoisotopic (exact) mass is 317 g/mol. The Hall–Kier alpha value is -1.11. The predicted octanol–water partition coefficient (Wildman–Crippen LogP) is 1.10. The molecule has 1 atom stereocenters. The van der Waals surface area contributed by atoms with Gasteiger partial charge in [0.2, 0.25) is 5.91 Å². The van der Waals surface area contributed by atoms with Crippen LogP contribution in [0.2, 0.25) is 0 Å². The molecule has 0 aromatic rings. The van der Waals surface area contributed by atoms with Crippen molar-refractivity contribution in [3.63, 3.8) is 0 Å². The summed E-state index contributed by atoms with van der Waals surface area (Å²) >= 11 is 0. The van der Waals surface area contributed by atoms with Crippen molar-refractivity contribution in [3.8, 4) is 0 Å². The second-order valence-electron chi connectivity index (χ2n) is 6.43. The average molecular weight is 317 g/mol. The van der Waals surface area contributed by atoms with Gasteiger partial charge in [-0.1, -0.05) is 19.3 Å². The van der Waals surface area contributed by atoms with Crippen LogP contribution in [-0.4, -0.2) is 42.4 Å². The first-order chi connectivity index (χ1) is 9.80. The van der Waals surface area contributed by atoms with Crippen molar-refractivity contribution in [1.29, 1.82) is 0 Å². The van der Waals surface area contributed by atoms with Crippen LogP contribution in [0.5, 0.6) is 0 Å². The van der Waals surface area contributed by atoms with Gasteiger partial charge in [0.1, 0.15) is 0 Å². The molecule has 1 amide bonds. The molecule has 0 spiro atoms. The molecule has 2 fully saturated rings. The van der Waals surface area contributed by atoms with Gasteiger partial charge >= 0.3 is 5.97 Å². The summed E-state index contributed by atoms with van der Waals surface area (Å²) in [7, 11) is -2.98. The molecule has 0 radical (unpaired) electrons. The summed E-state index contributed by atoms with van der Waals surface area (Å²) in [5, 5.41) is 12.0. The van der Waals surface area contributed by atoms with Gasteiger partial charge in [0, 0.05) is 6.42 Å². The molecule has 120 valence electrons. The summed E-state index contributed by atoms with van der Waals surface area (Å²) in [5.74, 6) is -1.00. The molecule has 1 unspecified atom stereocenters. The maximum atomic E-state index is 12.2. The Balaban J connectivity index is 1.93. The van der Waals surface area contributed by atoms with Crippen molar-refractivity contribution in [2.24, 2.45) is 5.92 Å². The van der Waals surface area contributed by atoms with Gasteiger partial charge in [0.05, 0.1) is 23.5 Å². The molecule has 1 aliphatic carbocycles. The van der Waals surface area contributed by atoms with Crippen molar-refractivity contribution < 1.29 is 23.1 Å². The van der Waals surface area contributed by atoms with E-state index in [1.807, 2.05) is 0 Å². The number of carboxylic acid groups (broad SMARTS) is 1. The minimum Gasteiger partial charge on any atom is -0.481 e. The Morgan fingerprint density at radius 2 is 1.86 bits per heavy atom. The zero-order valence-electron chi connectivity index (χ0n) is 12.1. The Labute approximate surface area is 125 Å². The van der Waals surface area contributed by atoms with Gasteiger partial charge in [-0.05, 0) is 25.2 Å². The van der Waals surface area contributed by atoms with Crippen molar-refractivity contribution in [1.82, 2.24) is 5.32 Å². The van der Waals surface area contributed by atoms with E-state index >= 15 is 0 Å². The van der Waals surface area contributed by atoms with Crippen LogP contribution in [0.1, 0.15) is 51.4 Å². The summed E-state index contributed by atoms with van der Waals surface area (Å²) in [6, 6.07) is 0. The van der Waals surface area contributed by atoms with E-state index in [9.17, 15) is 18.0 Å². The van der Waals surface area contributed by atoms with Crippen LogP contribution in [0.4, 0.5) is 0 Å². The first kappa shape index (κ1) is 16.3. The summed E-state index contributed by atoms with van der Waals surface area (Å²) in [5.41, 5.74) is -0.640. The molecular weight excluding hydrogens is 294 g/mol. The van der Waals surface area contributed by atoms with Gasteiger partial charge in [-0.15, -0.1) is 0 Å². The maximum Gasteiger partial charge on any atom is 0.305 e. The largest absolute Gasteiger partial charge is 0.481 e. The van der Waals surface area contributed by atoms with Crippen molar-refractivity contribution in [3.05, 3.63) is 0 Å². The number of hydrogen-bond donors (Lipinski definition) is 2. The average Bonchev–Trinajstić information content (AvgIpc) is 2.68. The van der Waals surface area contributed by atoms with Crippen LogP contribution >= 0.6 is 0 Å². The fourth-order valence-electron chi connectivity index (χ4n) is 3.51. The summed E-state index contributed by atoms with van der Waals surface area (Å²) in [4.78, 5) is 23.2. The Bertz CT molecular complexity index is 507. The fraction of sp³-hybridized carbons (Fsp3) is 0.857. The van der Waals surface area contributed by atoms with Crippen LogP contribution in [0.15, 0.2) is 0 Å². The van der Waals surface area contributed by atoms with Crippen molar-refractivity contribution in [2.75, 3.05) is 11.5 Å². The third kappa shape index (κ3) is 4.69. The third-order valence-electron chi connectivity index (χ3n) is 4.51. The summed E-state index contributed by atoms with van der Waals surface area (Å²) < 4.78 is 22.8. The number of hydrogen-bond acceptors (Lipinski definition) is 4. The van der Waals surface area contributed by atoms with Gasteiger partial charge in [-0.2, -0.15) is 0 Å². The van der Waals surface area contributed by atoms with Gasteiger partial charge in [0.25, 0.3) is 0 Å². The number of sulfone groups is 1.